The molecule has 0 bridgehead atoms. The third-order valence-electron chi connectivity index (χ3n) is 5.54. The Bertz CT molecular complexity index is 1130. The van der Waals surface area contributed by atoms with Crippen molar-refractivity contribution in [3.63, 3.8) is 0 Å². The van der Waals surface area contributed by atoms with Crippen LogP contribution >= 0.6 is 0 Å². The molecule has 0 spiro atoms. The number of carbonyl (C=O) groups is 3. The molecule has 1 fully saturated rings. The molecule has 0 heterocycles. The maximum Gasteiger partial charge on any atom is 0.336 e. The molecule has 1 aliphatic rings. The second-order valence-electron chi connectivity index (χ2n) is 8.48. The first kappa shape index (κ1) is 27.4. The zero-order chi connectivity index (χ0) is 26.6. The summed E-state index contributed by atoms with van der Waals surface area (Å²) in [5.74, 6) is -0.639. The predicted octanol–water partition coefficient (Wildman–Crippen LogP) is 4.92. The van der Waals surface area contributed by atoms with Gasteiger partial charge in [0, 0.05) is 17.7 Å². The highest BCUT2D eigenvalue weighted by molar-refractivity contribution is 5.88. The fourth-order valence-corrected chi connectivity index (χ4v) is 3.60. The first-order valence-corrected chi connectivity index (χ1v) is 12.0. The average molecular weight is 507 g/mol. The second-order valence-corrected chi connectivity index (χ2v) is 8.48. The van der Waals surface area contributed by atoms with Gasteiger partial charge in [-0.25, -0.2) is 9.59 Å². The maximum atomic E-state index is 12.1. The molecular formula is C29H30O8. The molecule has 1 unspecified atom stereocenters. The van der Waals surface area contributed by atoms with Gasteiger partial charge in [0.2, 0.25) is 6.29 Å². The lowest BCUT2D eigenvalue weighted by molar-refractivity contribution is -0.150. The van der Waals surface area contributed by atoms with Crippen LogP contribution in [-0.2, 0) is 19.1 Å². The largest absolute Gasteiger partial charge is 0.462 e. The summed E-state index contributed by atoms with van der Waals surface area (Å²) in [6.45, 7) is 7.06. The molecule has 1 N–H and O–H groups in total. The van der Waals surface area contributed by atoms with E-state index in [2.05, 4.69) is 13.2 Å². The van der Waals surface area contributed by atoms with Gasteiger partial charge in [0.15, 0.2) is 0 Å². The highest BCUT2D eigenvalue weighted by atomic mass is 16.6. The fraction of sp³-hybridized carbons (Fsp3) is 0.276. The molecule has 194 valence electrons. The molecule has 8 nitrogen and oxygen atoms in total. The Labute approximate surface area is 215 Å². The van der Waals surface area contributed by atoms with Gasteiger partial charge in [-0.05, 0) is 73.7 Å². The number of benzene rings is 2. The topological polar surface area (TPSA) is 108 Å². The first-order chi connectivity index (χ1) is 17.8. The quantitative estimate of drug-likeness (QED) is 0.150. The van der Waals surface area contributed by atoms with E-state index in [1.165, 1.54) is 30.3 Å². The predicted molar refractivity (Wildman–Crippen MR) is 137 cm³/mol. The summed E-state index contributed by atoms with van der Waals surface area (Å²) in [7, 11) is 0. The van der Waals surface area contributed by atoms with E-state index in [9.17, 15) is 19.5 Å². The molecule has 37 heavy (non-hydrogen) atoms. The maximum absolute atomic E-state index is 12.1. The molecule has 8 heteroatoms. The number of rotatable bonds is 11. The zero-order valence-electron chi connectivity index (χ0n) is 20.5. The van der Waals surface area contributed by atoms with Gasteiger partial charge in [-0.3, -0.25) is 4.79 Å². The van der Waals surface area contributed by atoms with E-state index in [0.717, 1.165) is 38.2 Å². The molecule has 3 rings (SSSR count). The number of ether oxygens (including phenoxy) is 4. The SMILES string of the molecule is C=CC(=O)Oc1ccc(/C=C/C(=O)Oc2ccc(OC(O)C(=C)CC(=O)OC3CCCCC3)cc2)cc1. The van der Waals surface area contributed by atoms with Crippen molar-refractivity contribution in [2.45, 2.75) is 50.9 Å². The van der Waals surface area contributed by atoms with Crippen molar-refractivity contribution in [1.29, 1.82) is 0 Å². The van der Waals surface area contributed by atoms with Crippen molar-refractivity contribution >= 4 is 24.0 Å². The van der Waals surface area contributed by atoms with Crippen LogP contribution in [0.5, 0.6) is 17.2 Å². The van der Waals surface area contributed by atoms with E-state index in [0.29, 0.717) is 17.1 Å². The van der Waals surface area contributed by atoms with Crippen LogP contribution in [0.15, 0.2) is 79.4 Å². The summed E-state index contributed by atoms with van der Waals surface area (Å²) in [5, 5.41) is 10.2. The van der Waals surface area contributed by atoms with Crippen molar-refractivity contribution in [2.75, 3.05) is 0 Å². The second kappa shape index (κ2) is 13.8. The summed E-state index contributed by atoms with van der Waals surface area (Å²) in [5.41, 5.74) is 0.893. The van der Waals surface area contributed by atoms with Gasteiger partial charge >= 0.3 is 17.9 Å². The molecular weight excluding hydrogens is 476 g/mol. The minimum absolute atomic E-state index is 0.0632. The van der Waals surface area contributed by atoms with E-state index in [1.807, 2.05) is 0 Å². The van der Waals surface area contributed by atoms with Gasteiger partial charge in [0.25, 0.3) is 0 Å². The van der Waals surface area contributed by atoms with Gasteiger partial charge in [0.1, 0.15) is 23.4 Å². The highest BCUT2D eigenvalue weighted by Crippen LogP contribution is 2.23. The van der Waals surface area contributed by atoms with Crippen LogP contribution in [0.3, 0.4) is 0 Å². The standard InChI is InChI=1S/C29H30O8/c1-3-26(30)34-23-12-9-21(10-13-23)11-18-27(31)35-24-14-16-25(17-15-24)37-29(33)20(2)19-28(32)36-22-7-5-4-6-8-22/h3,9-18,22,29,33H,1-2,4-8,19H2/b18-11+. The van der Waals surface area contributed by atoms with Crippen molar-refractivity contribution in [3.05, 3.63) is 85.0 Å². The highest BCUT2D eigenvalue weighted by Gasteiger charge is 2.20. The van der Waals surface area contributed by atoms with Crippen LogP contribution < -0.4 is 14.2 Å². The van der Waals surface area contributed by atoms with E-state index < -0.39 is 24.2 Å². The molecule has 0 aromatic heterocycles. The summed E-state index contributed by atoms with van der Waals surface area (Å²) < 4.78 is 21.1. The van der Waals surface area contributed by atoms with Gasteiger partial charge < -0.3 is 24.1 Å². The number of carbonyl (C=O) groups excluding carboxylic acids is 3. The number of hydrogen-bond donors (Lipinski definition) is 1. The van der Waals surface area contributed by atoms with Crippen molar-refractivity contribution in [3.8, 4) is 17.2 Å². The normalized spacial score (nSPS) is 14.4. The van der Waals surface area contributed by atoms with Crippen LogP contribution in [0.1, 0.15) is 44.1 Å². The van der Waals surface area contributed by atoms with Crippen LogP contribution in [0, 0.1) is 0 Å². The zero-order valence-corrected chi connectivity index (χ0v) is 20.5. The van der Waals surface area contributed by atoms with Crippen LogP contribution in [0.2, 0.25) is 0 Å². The average Bonchev–Trinajstić information content (AvgIpc) is 2.89. The molecule has 1 saturated carbocycles. The van der Waals surface area contributed by atoms with Gasteiger partial charge in [-0.1, -0.05) is 31.7 Å². The lowest BCUT2D eigenvalue weighted by Gasteiger charge is -2.22. The lowest BCUT2D eigenvalue weighted by Crippen LogP contribution is -2.24. The fourth-order valence-electron chi connectivity index (χ4n) is 3.60. The molecule has 1 atom stereocenters. The van der Waals surface area contributed by atoms with Crippen LogP contribution in [-0.4, -0.2) is 35.4 Å². The van der Waals surface area contributed by atoms with E-state index in [-0.39, 0.29) is 23.8 Å². The number of aliphatic hydroxyl groups excluding tert-OH is 1. The summed E-state index contributed by atoms with van der Waals surface area (Å²) in [4.78, 5) is 35.4. The Morgan fingerprint density at radius 1 is 0.892 bits per heavy atom. The van der Waals surface area contributed by atoms with Crippen molar-refractivity contribution in [1.82, 2.24) is 0 Å². The third kappa shape index (κ3) is 9.42. The monoisotopic (exact) mass is 506 g/mol. The Morgan fingerprint density at radius 2 is 1.46 bits per heavy atom. The Kier molecular flexibility index (Phi) is 10.2. The first-order valence-electron chi connectivity index (χ1n) is 12.0. The van der Waals surface area contributed by atoms with Crippen molar-refractivity contribution < 1.29 is 38.4 Å². The Balaban J connectivity index is 1.43. The summed E-state index contributed by atoms with van der Waals surface area (Å²) >= 11 is 0. The minimum Gasteiger partial charge on any atom is -0.462 e. The Hall–Kier alpha value is -4.17. The molecule has 2 aromatic rings. The third-order valence-corrected chi connectivity index (χ3v) is 5.54. The molecule has 0 aliphatic heterocycles. The Morgan fingerprint density at radius 3 is 2.08 bits per heavy atom. The van der Waals surface area contributed by atoms with Crippen LogP contribution in [0.4, 0.5) is 0 Å². The lowest BCUT2D eigenvalue weighted by atomic mass is 9.98. The smallest absolute Gasteiger partial charge is 0.336 e. The molecule has 1 aliphatic carbocycles. The number of esters is 3. The van der Waals surface area contributed by atoms with Gasteiger partial charge in [-0.2, -0.15) is 0 Å². The minimum atomic E-state index is -1.39. The van der Waals surface area contributed by atoms with Crippen molar-refractivity contribution in [2.24, 2.45) is 0 Å². The van der Waals surface area contributed by atoms with Gasteiger partial charge in [0.05, 0.1) is 6.42 Å². The molecule has 0 radical (unpaired) electrons. The van der Waals surface area contributed by atoms with E-state index in [1.54, 1.807) is 30.3 Å². The molecule has 0 saturated heterocycles. The molecule has 0 amide bonds. The molecule has 2 aromatic carbocycles. The summed E-state index contributed by atoms with van der Waals surface area (Å²) in [6.07, 6.45) is 7.30. The number of aliphatic hydroxyl groups is 1. The van der Waals surface area contributed by atoms with E-state index in [4.69, 9.17) is 18.9 Å². The number of hydrogen-bond acceptors (Lipinski definition) is 8. The van der Waals surface area contributed by atoms with Crippen LogP contribution in [0.25, 0.3) is 6.08 Å². The summed E-state index contributed by atoms with van der Waals surface area (Å²) in [6, 6.07) is 12.6. The van der Waals surface area contributed by atoms with Gasteiger partial charge in [-0.15, -0.1) is 0 Å². The van der Waals surface area contributed by atoms with E-state index >= 15 is 0 Å².